The average molecular weight is 300 g/mol. The summed E-state index contributed by atoms with van der Waals surface area (Å²) >= 11 is 0. The van der Waals surface area contributed by atoms with Crippen molar-refractivity contribution < 1.29 is 22.9 Å². The number of carbonyl (C=O) groups is 1. The molecule has 0 radical (unpaired) electrons. The molecule has 0 fully saturated rings. The number of carboxylic acid groups (broad SMARTS) is 1. The van der Waals surface area contributed by atoms with Gasteiger partial charge >= 0.3 is 5.97 Å². The number of hydrogen-bond acceptors (Lipinski definition) is 4. The van der Waals surface area contributed by atoms with E-state index in [9.17, 15) is 13.2 Å². The number of benzene rings is 1. The summed E-state index contributed by atoms with van der Waals surface area (Å²) in [7, 11) is -3.67. The van der Waals surface area contributed by atoms with E-state index >= 15 is 0 Å². The summed E-state index contributed by atoms with van der Waals surface area (Å²) < 4.78 is 25.9. The largest absolute Gasteiger partial charge is 0.480 e. The predicted molar refractivity (Wildman–Crippen MR) is 75.1 cm³/mol. The molecule has 0 amide bonds. The molecule has 0 aliphatic rings. The van der Waals surface area contributed by atoms with Crippen LogP contribution in [0.2, 0.25) is 0 Å². The predicted octanol–water partition coefficient (Wildman–Crippen LogP) is 0.626. The molecule has 0 unspecified atom stereocenters. The van der Waals surface area contributed by atoms with Gasteiger partial charge in [0, 0.05) is 23.5 Å². The van der Waals surface area contributed by atoms with Crippen LogP contribution in [-0.2, 0) is 21.3 Å². The fourth-order valence-electron chi connectivity index (χ4n) is 1.62. The van der Waals surface area contributed by atoms with Crippen LogP contribution in [0.1, 0.15) is 5.56 Å². The Hall–Kier alpha value is -1.90. The van der Waals surface area contributed by atoms with Gasteiger partial charge in [0.05, 0.1) is 6.26 Å². The van der Waals surface area contributed by atoms with E-state index in [4.69, 9.17) is 15.4 Å². The van der Waals surface area contributed by atoms with E-state index < -0.39 is 22.1 Å². The van der Waals surface area contributed by atoms with Gasteiger partial charge < -0.3 is 15.8 Å². The number of hydrogen-bond donors (Lipinski definition) is 4. The van der Waals surface area contributed by atoms with E-state index in [1.165, 1.54) is 0 Å². The van der Waals surface area contributed by atoms with Crippen LogP contribution in [0.25, 0.3) is 10.9 Å². The molecule has 1 aromatic carbocycles. The Balaban J connectivity index is 0.000000347. The van der Waals surface area contributed by atoms with Crippen molar-refractivity contribution in [1.29, 1.82) is 0 Å². The van der Waals surface area contributed by atoms with Crippen LogP contribution in [-0.4, -0.2) is 41.3 Å². The monoisotopic (exact) mass is 300 g/mol. The third-order valence-corrected chi connectivity index (χ3v) is 2.43. The summed E-state index contributed by atoms with van der Waals surface area (Å²) in [6.07, 6.45) is 2.87. The molecule has 7 nitrogen and oxygen atoms in total. The Morgan fingerprint density at radius 2 is 1.95 bits per heavy atom. The van der Waals surface area contributed by atoms with Crippen LogP contribution in [0.5, 0.6) is 0 Å². The first-order valence-corrected chi connectivity index (χ1v) is 7.49. The molecule has 8 heteroatoms. The van der Waals surface area contributed by atoms with Crippen LogP contribution in [0.4, 0.5) is 0 Å². The maximum Gasteiger partial charge on any atom is 0.320 e. The molecular weight excluding hydrogens is 284 g/mol. The Morgan fingerprint density at radius 3 is 2.50 bits per heavy atom. The van der Waals surface area contributed by atoms with Crippen molar-refractivity contribution in [3.63, 3.8) is 0 Å². The summed E-state index contributed by atoms with van der Waals surface area (Å²) in [5, 5.41) is 9.75. The molecule has 0 aliphatic carbocycles. The molecule has 2 rings (SSSR count). The smallest absolute Gasteiger partial charge is 0.320 e. The second-order valence-corrected chi connectivity index (χ2v) is 5.71. The molecule has 0 bridgehead atoms. The molecule has 0 aliphatic heterocycles. The van der Waals surface area contributed by atoms with Gasteiger partial charge in [-0.3, -0.25) is 9.35 Å². The highest BCUT2D eigenvalue weighted by atomic mass is 32.2. The topological polar surface area (TPSA) is 133 Å². The third kappa shape index (κ3) is 5.39. The van der Waals surface area contributed by atoms with Crippen LogP contribution >= 0.6 is 0 Å². The van der Waals surface area contributed by atoms with Gasteiger partial charge in [0.1, 0.15) is 6.04 Å². The highest BCUT2D eigenvalue weighted by molar-refractivity contribution is 7.85. The number of H-pyrrole nitrogens is 1. The zero-order chi connectivity index (χ0) is 15.3. The van der Waals surface area contributed by atoms with Crippen molar-refractivity contribution in [3.05, 3.63) is 36.0 Å². The minimum atomic E-state index is -3.67. The van der Waals surface area contributed by atoms with E-state index in [2.05, 4.69) is 4.98 Å². The molecular formula is C12H16N2O5S. The first-order chi connectivity index (χ1) is 9.18. The normalized spacial score (nSPS) is 12.6. The summed E-state index contributed by atoms with van der Waals surface area (Å²) in [6.45, 7) is 0. The highest BCUT2D eigenvalue weighted by Crippen LogP contribution is 2.18. The van der Waals surface area contributed by atoms with Crippen LogP contribution in [0, 0.1) is 0 Å². The number of aromatic nitrogens is 1. The number of nitrogens with one attached hydrogen (secondary N) is 1. The van der Waals surface area contributed by atoms with Crippen LogP contribution < -0.4 is 5.73 Å². The van der Waals surface area contributed by atoms with Gasteiger partial charge in [-0.25, -0.2) is 0 Å². The average Bonchev–Trinajstić information content (AvgIpc) is 2.70. The summed E-state index contributed by atoms with van der Waals surface area (Å²) in [6, 6.07) is 6.91. The van der Waals surface area contributed by atoms with Crippen molar-refractivity contribution in [2.45, 2.75) is 12.5 Å². The fraction of sp³-hybridized carbons (Fsp3) is 0.250. The lowest BCUT2D eigenvalue weighted by Gasteiger charge is -2.04. The number of carboxylic acids is 1. The Kier molecular flexibility index (Phi) is 5.26. The molecule has 2 aromatic rings. The molecule has 0 saturated carbocycles. The minimum Gasteiger partial charge on any atom is -0.480 e. The lowest BCUT2D eigenvalue weighted by Crippen LogP contribution is -2.32. The van der Waals surface area contributed by atoms with Gasteiger partial charge in [0.15, 0.2) is 0 Å². The number of aromatic amines is 1. The second kappa shape index (κ2) is 6.51. The van der Waals surface area contributed by atoms with Crippen molar-refractivity contribution >= 4 is 27.0 Å². The fourth-order valence-corrected chi connectivity index (χ4v) is 1.62. The Morgan fingerprint density at radius 1 is 1.40 bits per heavy atom. The van der Waals surface area contributed by atoms with Gasteiger partial charge in [-0.05, 0) is 11.6 Å². The SMILES string of the molecule is CS(=O)(=O)O.N[C@@H](Cc1c[nH]c2ccccc12)C(=O)O. The van der Waals surface area contributed by atoms with Crippen LogP contribution in [0.3, 0.4) is 0 Å². The van der Waals surface area contributed by atoms with Gasteiger partial charge in [0.25, 0.3) is 10.1 Å². The molecule has 1 atom stereocenters. The third-order valence-electron chi connectivity index (χ3n) is 2.43. The molecule has 0 spiro atoms. The van der Waals surface area contributed by atoms with Gasteiger partial charge in [-0.2, -0.15) is 8.42 Å². The molecule has 1 aromatic heterocycles. The summed E-state index contributed by atoms with van der Waals surface area (Å²) in [5.74, 6) is -0.972. The highest BCUT2D eigenvalue weighted by Gasteiger charge is 2.14. The lowest BCUT2D eigenvalue weighted by atomic mass is 10.1. The van der Waals surface area contributed by atoms with E-state index in [1.54, 1.807) is 0 Å². The number of para-hydroxylation sites is 1. The molecule has 5 N–H and O–H groups in total. The second-order valence-electron chi connectivity index (χ2n) is 4.24. The molecule has 20 heavy (non-hydrogen) atoms. The van der Waals surface area contributed by atoms with Gasteiger partial charge in [-0.15, -0.1) is 0 Å². The van der Waals surface area contributed by atoms with E-state index in [-0.39, 0.29) is 0 Å². The molecule has 110 valence electrons. The first kappa shape index (κ1) is 16.2. The van der Waals surface area contributed by atoms with Crippen molar-refractivity contribution in [2.24, 2.45) is 5.73 Å². The summed E-state index contributed by atoms with van der Waals surface area (Å²) in [4.78, 5) is 13.7. The first-order valence-electron chi connectivity index (χ1n) is 5.64. The van der Waals surface area contributed by atoms with Crippen LogP contribution in [0.15, 0.2) is 30.5 Å². The minimum absolute atomic E-state index is 0.347. The lowest BCUT2D eigenvalue weighted by molar-refractivity contribution is -0.138. The number of fused-ring (bicyclic) bond motifs is 1. The maximum atomic E-state index is 10.6. The number of nitrogens with two attached hydrogens (primary N) is 1. The zero-order valence-electron chi connectivity index (χ0n) is 10.8. The quantitative estimate of drug-likeness (QED) is 0.614. The van der Waals surface area contributed by atoms with E-state index in [1.807, 2.05) is 30.5 Å². The van der Waals surface area contributed by atoms with Gasteiger partial charge in [0.2, 0.25) is 0 Å². The van der Waals surface area contributed by atoms with E-state index in [0.29, 0.717) is 12.7 Å². The van der Waals surface area contributed by atoms with Gasteiger partial charge in [-0.1, -0.05) is 18.2 Å². The standard InChI is InChI=1S/C11H12N2O2.CH4O3S/c12-9(11(14)15)5-7-6-13-10-4-2-1-3-8(7)10;1-5(2,3)4/h1-4,6,9,13H,5,12H2,(H,14,15);1H3,(H,2,3,4)/t9-;/m0./s1. The summed E-state index contributed by atoms with van der Waals surface area (Å²) in [5.41, 5.74) is 7.43. The molecule has 0 saturated heterocycles. The number of aliphatic carboxylic acids is 1. The van der Waals surface area contributed by atoms with Crippen molar-refractivity contribution in [1.82, 2.24) is 4.98 Å². The molecule has 1 heterocycles. The van der Waals surface area contributed by atoms with E-state index in [0.717, 1.165) is 16.5 Å². The van der Waals surface area contributed by atoms with Crippen molar-refractivity contribution in [2.75, 3.05) is 6.26 Å². The number of rotatable bonds is 3. The van der Waals surface area contributed by atoms with Crippen molar-refractivity contribution in [3.8, 4) is 0 Å². The Labute approximate surface area is 116 Å². The maximum absolute atomic E-state index is 10.6. The zero-order valence-corrected chi connectivity index (χ0v) is 11.6. The Bertz CT molecular complexity index is 685.